The van der Waals surface area contributed by atoms with E-state index in [-0.39, 0.29) is 42.5 Å². The van der Waals surface area contributed by atoms with Crippen LogP contribution in [-0.2, 0) is 17.5 Å². The van der Waals surface area contributed by atoms with Crippen LogP contribution in [0.4, 0.5) is 13.2 Å². The molecule has 0 unspecified atom stereocenters. The molecule has 0 aliphatic carbocycles. The molecule has 29 heavy (non-hydrogen) atoms. The minimum absolute atomic E-state index is 0. The van der Waals surface area contributed by atoms with Crippen LogP contribution in [0.15, 0.2) is 10.4 Å². The Balaban J connectivity index is 0.00000420. The van der Waals surface area contributed by atoms with Crippen LogP contribution in [0.3, 0.4) is 0 Å². The summed E-state index contributed by atoms with van der Waals surface area (Å²) in [5, 5.41) is 7.39. The molecule has 1 amide bonds. The normalized spacial score (nSPS) is 16.0. The lowest BCUT2D eigenvalue weighted by molar-refractivity contribution is -0.140. The van der Waals surface area contributed by atoms with Crippen LogP contribution in [0.5, 0.6) is 0 Å². The molecule has 1 aliphatic heterocycles. The molecule has 7 nitrogen and oxygen atoms in total. The summed E-state index contributed by atoms with van der Waals surface area (Å²) >= 11 is 0.958. The standard InChI is InChI=1S/C17H27F3N6OS.HI/c1-4-21-16(22-9-15-24-13(11-28-15)17(18,19)20)26-7-5-25(6-8-26)10-14(27)23-12(2)3;/h11-12H,4-10H2,1-3H3,(H,21,22)(H,23,27);1H. The van der Waals surface area contributed by atoms with Crippen molar-refractivity contribution in [1.82, 2.24) is 25.4 Å². The fraction of sp³-hybridized carbons (Fsp3) is 0.706. The van der Waals surface area contributed by atoms with Crippen LogP contribution in [0, 0.1) is 0 Å². The van der Waals surface area contributed by atoms with Crippen molar-refractivity contribution in [2.45, 2.75) is 39.5 Å². The number of guanidine groups is 1. The monoisotopic (exact) mass is 548 g/mol. The zero-order valence-electron chi connectivity index (χ0n) is 16.8. The summed E-state index contributed by atoms with van der Waals surface area (Å²) in [5.41, 5.74) is -0.874. The maximum atomic E-state index is 12.7. The quantitative estimate of drug-likeness (QED) is 0.325. The summed E-state index contributed by atoms with van der Waals surface area (Å²) in [4.78, 5) is 24.1. The molecule has 2 rings (SSSR count). The minimum atomic E-state index is -4.43. The third-order valence-electron chi connectivity index (χ3n) is 4.03. The Kier molecular flexibility index (Phi) is 10.6. The second-order valence-corrected chi connectivity index (χ2v) is 7.72. The van der Waals surface area contributed by atoms with Crippen molar-refractivity contribution < 1.29 is 18.0 Å². The number of amides is 1. The van der Waals surface area contributed by atoms with Gasteiger partial charge >= 0.3 is 6.18 Å². The Bertz CT molecular complexity index is 674. The third-order valence-corrected chi connectivity index (χ3v) is 4.86. The largest absolute Gasteiger partial charge is 0.434 e. The Hall–Kier alpha value is -1.15. The van der Waals surface area contributed by atoms with E-state index in [2.05, 4.69) is 30.4 Å². The number of thiazole rings is 1. The summed E-state index contributed by atoms with van der Waals surface area (Å²) in [6.07, 6.45) is -4.43. The van der Waals surface area contributed by atoms with Crippen LogP contribution >= 0.6 is 35.3 Å². The second kappa shape index (κ2) is 11.9. The number of piperazine rings is 1. The smallest absolute Gasteiger partial charge is 0.357 e. The van der Waals surface area contributed by atoms with Crippen LogP contribution in [0.2, 0.25) is 0 Å². The lowest BCUT2D eigenvalue weighted by Crippen LogP contribution is -2.54. The van der Waals surface area contributed by atoms with Crippen molar-refractivity contribution >= 4 is 47.2 Å². The van der Waals surface area contributed by atoms with Gasteiger partial charge in [0.25, 0.3) is 0 Å². The molecule has 1 fully saturated rings. The van der Waals surface area contributed by atoms with Gasteiger partial charge in [0, 0.05) is 44.1 Å². The number of nitrogens with one attached hydrogen (secondary N) is 2. The first kappa shape index (κ1) is 25.9. The lowest BCUT2D eigenvalue weighted by atomic mass is 10.3. The van der Waals surface area contributed by atoms with Crippen molar-refractivity contribution in [2.75, 3.05) is 39.3 Å². The number of hydrogen-bond donors (Lipinski definition) is 2. The van der Waals surface area contributed by atoms with Crippen LogP contribution in [0.25, 0.3) is 0 Å². The molecule has 1 saturated heterocycles. The van der Waals surface area contributed by atoms with Gasteiger partial charge in [0.1, 0.15) is 5.01 Å². The molecule has 0 aromatic carbocycles. The summed E-state index contributed by atoms with van der Waals surface area (Å²) in [5.74, 6) is 0.658. The molecule has 1 aliphatic rings. The Morgan fingerprint density at radius 1 is 1.31 bits per heavy atom. The van der Waals surface area contributed by atoms with Crippen molar-refractivity contribution in [2.24, 2.45) is 4.99 Å². The zero-order chi connectivity index (χ0) is 20.7. The number of aromatic nitrogens is 1. The summed E-state index contributed by atoms with van der Waals surface area (Å²) in [6.45, 7) is 9.70. The molecule has 2 N–H and O–H groups in total. The van der Waals surface area contributed by atoms with Gasteiger partial charge in [-0.2, -0.15) is 13.2 Å². The summed E-state index contributed by atoms with van der Waals surface area (Å²) in [6, 6.07) is 0.116. The number of hydrogen-bond acceptors (Lipinski definition) is 5. The Labute approximate surface area is 190 Å². The number of halogens is 4. The van der Waals surface area contributed by atoms with Crippen molar-refractivity contribution in [1.29, 1.82) is 0 Å². The van der Waals surface area contributed by atoms with Gasteiger partial charge in [-0.3, -0.25) is 9.69 Å². The second-order valence-electron chi connectivity index (χ2n) is 6.78. The van der Waals surface area contributed by atoms with E-state index in [1.54, 1.807) is 0 Å². The van der Waals surface area contributed by atoms with E-state index in [1.165, 1.54) is 0 Å². The molecular formula is C17H28F3IN6OS. The first-order valence-corrected chi connectivity index (χ1v) is 10.1. The lowest BCUT2D eigenvalue weighted by Gasteiger charge is -2.36. The molecule has 0 saturated carbocycles. The van der Waals surface area contributed by atoms with Gasteiger partial charge in [0.05, 0.1) is 13.1 Å². The summed E-state index contributed by atoms with van der Waals surface area (Å²) in [7, 11) is 0. The van der Waals surface area contributed by atoms with Gasteiger partial charge in [0.15, 0.2) is 11.7 Å². The van der Waals surface area contributed by atoms with E-state index in [1.807, 2.05) is 20.8 Å². The number of rotatable bonds is 6. The van der Waals surface area contributed by atoms with Crippen molar-refractivity contribution in [3.8, 4) is 0 Å². The molecule has 12 heteroatoms. The molecule has 0 radical (unpaired) electrons. The topological polar surface area (TPSA) is 72.9 Å². The molecular weight excluding hydrogens is 520 g/mol. The van der Waals surface area contributed by atoms with E-state index in [0.29, 0.717) is 50.2 Å². The highest BCUT2D eigenvalue weighted by molar-refractivity contribution is 14.0. The van der Waals surface area contributed by atoms with Gasteiger partial charge in [-0.15, -0.1) is 35.3 Å². The molecule has 2 heterocycles. The van der Waals surface area contributed by atoms with Crippen LogP contribution in [-0.4, -0.2) is 72.0 Å². The molecule has 0 bridgehead atoms. The number of alkyl halides is 3. The van der Waals surface area contributed by atoms with Gasteiger partial charge in [-0.25, -0.2) is 9.98 Å². The van der Waals surface area contributed by atoms with Gasteiger partial charge < -0.3 is 15.5 Å². The Morgan fingerprint density at radius 3 is 2.48 bits per heavy atom. The molecule has 0 spiro atoms. The van der Waals surface area contributed by atoms with E-state index in [4.69, 9.17) is 0 Å². The average molecular weight is 548 g/mol. The highest BCUT2D eigenvalue weighted by Gasteiger charge is 2.33. The highest BCUT2D eigenvalue weighted by atomic mass is 127. The van der Waals surface area contributed by atoms with E-state index >= 15 is 0 Å². The predicted molar refractivity (Wildman–Crippen MR) is 119 cm³/mol. The van der Waals surface area contributed by atoms with Crippen LogP contribution in [0.1, 0.15) is 31.5 Å². The van der Waals surface area contributed by atoms with E-state index < -0.39 is 11.9 Å². The molecule has 166 valence electrons. The van der Waals surface area contributed by atoms with Gasteiger partial charge in [-0.1, -0.05) is 0 Å². The first-order chi connectivity index (χ1) is 13.2. The first-order valence-electron chi connectivity index (χ1n) is 9.25. The average Bonchev–Trinajstić information content (AvgIpc) is 3.08. The van der Waals surface area contributed by atoms with Crippen LogP contribution < -0.4 is 10.6 Å². The maximum absolute atomic E-state index is 12.7. The predicted octanol–water partition coefficient (Wildman–Crippen LogP) is 2.39. The van der Waals surface area contributed by atoms with Gasteiger partial charge in [-0.05, 0) is 20.8 Å². The number of carbonyl (C=O) groups is 1. The number of nitrogens with zero attached hydrogens (tertiary/aromatic N) is 4. The SMILES string of the molecule is CCNC(=NCc1nc(C(F)(F)F)cs1)N1CCN(CC(=O)NC(C)C)CC1.I. The minimum Gasteiger partial charge on any atom is -0.357 e. The fourth-order valence-corrected chi connectivity index (χ4v) is 3.49. The summed E-state index contributed by atoms with van der Waals surface area (Å²) < 4.78 is 38.0. The van der Waals surface area contributed by atoms with Crippen molar-refractivity contribution in [3.63, 3.8) is 0 Å². The van der Waals surface area contributed by atoms with Crippen molar-refractivity contribution in [3.05, 3.63) is 16.1 Å². The third kappa shape index (κ3) is 8.62. The van der Waals surface area contributed by atoms with Gasteiger partial charge in [0.2, 0.25) is 5.91 Å². The number of aliphatic imine (C=N–C) groups is 1. The highest BCUT2D eigenvalue weighted by Crippen LogP contribution is 2.30. The zero-order valence-corrected chi connectivity index (χ0v) is 19.9. The number of carbonyl (C=O) groups excluding carboxylic acids is 1. The maximum Gasteiger partial charge on any atom is 0.434 e. The molecule has 1 aromatic rings. The fourth-order valence-electron chi connectivity index (χ4n) is 2.77. The Morgan fingerprint density at radius 2 is 1.97 bits per heavy atom. The van der Waals surface area contributed by atoms with E-state index in [9.17, 15) is 18.0 Å². The molecule has 1 aromatic heterocycles. The van der Waals surface area contributed by atoms with E-state index in [0.717, 1.165) is 16.7 Å². The molecule has 0 atom stereocenters.